The van der Waals surface area contributed by atoms with Crippen LogP contribution in [-0.4, -0.2) is 40.5 Å². The van der Waals surface area contributed by atoms with Crippen molar-refractivity contribution in [2.75, 3.05) is 6.61 Å². The number of hydrogen-bond acceptors (Lipinski definition) is 3. The van der Waals surface area contributed by atoms with Crippen molar-refractivity contribution in [2.45, 2.75) is 32.0 Å². The maximum atomic E-state index is 12.6. The lowest BCUT2D eigenvalue weighted by Gasteiger charge is -2.26. The first-order chi connectivity index (χ1) is 12.1. The van der Waals surface area contributed by atoms with Gasteiger partial charge in [-0.1, -0.05) is 48.5 Å². The van der Waals surface area contributed by atoms with E-state index in [0.29, 0.717) is 18.5 Å². The molecular weight excluding hydrogens is 316 g/mol. The van der Waals surface area contributed by atoms with Gasteiger partial charge < -0.3 is 15.3 Å². The zero-order chi connectivity index (χ0) is 17.8. The van der Waals surface area contributed by atoms with Gasteiger partial charge in [0.15, 0.2) is 0 Å². The van der Waals surface area contributed by atoms with Crippen LogP contribution >= 0.6 is 0 Å². The van der Waals surface area contributed by atoms with E-state index >= 15 is 0 Å². The van der Waals surface area contributed by atoms with Crippen LogP contribution in [0.15, 0.2) is 54.6 Å². The fourth-order valence-corrected chi connectivity index (χ4v) is 3.11. The van der Waals surface area contributed by atoms with E-state index in [2.05, 4.69) is 5.32 Å². The number of rotatable bonds is 6. The van der Waals surface area contributed by atoms with Crippen molar-refractivity contribution >= 4 is 11.8 Å². The quantitative estimate of drug-likeness (QED) is 0.843. The highest BCUT2D eigenvalue weighted by Crippen LogP contribution is 2.24. The van der Waals surface area contributed by atoms with E-state index in [0.717, 1.165) is 11.1 Å². The third-order valence-corrected chi connectivity index (χ3v) is 4.59. The lowest BCUT2D eigenvalue weighted by atomic mass is 10.1. The Balaban J connectivity index is 1.63. The van der Waals surface area contributed by atoms with Crippen LogP contribution in [0.25, 0.3) is 0 Å². The summed E-state index contributed by atoms with van der Waals surface area (Å²) in [5.74, 6) is -0.377. The highest BCUT2D eigenvalue weighted by Gasteiger charge is 2.34. The van der Waals surface area contributed by atoms with Crippen molar-refractivity contribution < 1.29 is 14.7 Å². The average molecular weight is 338 g/mol. The van der Waals surface area contributed by atoms with Gasteiger partial charge in [0.25, 0.3) is 5.91 Å². The predicted octanol–water partition coefficient (Wildman–Crippen LogP) is 1.75. The van der Waals surface area contributed by atoms with E-state index in [1.807, 2.05) is 48.5 Å². The largest absolute Gasteiger partial charge is 0.394 e. The van der Waals surface area contributed by atoms with E-state index in [1.54, 1.807) is 17.9 Å². The molecule has 0 spiro atoms. The van der Waals surface area contributed by atoms with E-state index in [1.165, 1.54) is 0 Å². The van der Waals surface area contributed by atoms with Gasteiger partial charge in [-0.2, -0.15) is 0 Å². The summed E-state index contributed by atoms with van der Waals surface area (Å²) in [4.78, 5) is 26.6. The molecule has 130 valence electrons. The predicted molar refractivity (Wildman–Crippen MR) is 94.9 cm³/mol. The van der Waals surface area contributed by atoms with E-state index < -0.39 is 6.04 Å². The molecule has 2 atom stereocenters. The number of carbonyl (C=O) groups is 2. The number of aliphatic hydroxyl groups excluding tert-OH is 1. The zero-order valence-corrected chi connectivity index (χ0v) is 14.2. The molecule has 1 aliphatic rings. The molecule has 0 saturated carbocycles. The molecule has 3 rings (SSSR count). The van der Waals surface area contributed by atoms with E-state index in [4.69, 9.17) is 0 Å². The molecule has 25 heavy (non-hydrogen) atoms. The molecule has 2 aromatic carbocycles. The second-order valence-corrected chi connectivity index (χ2v) is 6.34. The molecule has 0 fully saturated rings. The number of benzene rings is 2. The molecule has 2 amide bonds. The molecule has 0 saturated heterocycles. The minimum Gasteiger partial charge on any atom is -0.394 e. The number of nitrogens with one attached hydrogen (secondary N) is 1. The first-order valence-corrected chi connectivity index (χ1v) is 8.44. The second-order valence-electron chi connectivity index (χ2n) is 6.34. The monoisotopic (exact) mass is 338 g/mol. The Morgan fingerprint density at radius 1 is 1.16 bits per heavy atom. The summed E-state index contributed by atoms with van der Waals surface area (Å²) in [6.45, 7) is 2.00. The topological polar surface area (TPSA) is 69.6 Å². The van der Waals surface area contributed by atoms with Gasteiger partial charge in [0.2, 0.25) is 5.91 Å². The smallest absolute Gasteiger partial charge is 0.255 e. The van der Waals surface area contributed by atoms with Crippen molar-refractivity contribution in [3.63, 3.8) is 0 Å². The number of hydrogen-bond donors (Lipinski definition) is 2. The van der Waals surface area contributed by atoms with E-state index in [9.17, 15) is 14.7 Å². The van der Waals surface area contributed by atoms with Crippen molar-refractivity contribution in [1.29, 1.82) is 0 Å². The van der Waals surface area contributed by atoms with Gasteiger partial charge in [0, 0.05) is 12.1 Å². The first-order valence-electron chi connectivity index (χ1n) is 8.44. The van der Waals surface area contributed by atoms with Crippen LogP contribution in [0.5, 0.6) is 0 Å². The Bertz CT molecular complexity index is 761. The molecule has 5 nitrogen and oxygen atoms in total. The summed E-state index contributed by atoms with van der Waals surface area (Å²) < 4.78 is 0. The summed E-state index contributed by atoms with van der Waals surface area (Å²) in [5, 5.41) is 12.4. The van der Waals surface area contributed by atoms with Crippen LogP contribution in [-0.2, 0) is 17.8 Å². The van der Waals surface area contributed by atoms with Gasteiger partial charge in [-0.15, -0.1) is 0 Å². The maximum absolute atomic E-state index is 12.6. The Kier molecular flexibility index (Phi) is 5.14. The molecule has 2 N–H and O–H groups in total. The molecule has 0 bridgehead atoms. The Morgan fingerprint density at radius 3 is 2.52 bits per heavy atom. The maximum Gasteiger partial charge on any atom is 0.255 e. The van der Waals surface area contributed by atoms with Crippen LogP contribution in [0.4, 0.5) is 0 Å². The molecule has 0 aromatic heterocycles. The van der Waals surface area contributed by atoms with Crippen molar-refractivity contribution in [3.8, 4) is 0 Å². The fourth-order valence-electron chi connectivity index (χ4n) is 3.11. The number of carbonyl (C=O) groups excluding carboxylic acids is 2. The fraction of sp³-hybridized carbons (Fsp3) is 0.300. The highest BCUT2D eigenvalue weighted by molar-refractivity contribution is 6.01. The van der Waals surface area contributed by atoms with Crippen molar-refractivity contribution in [3.05, 3.63) is 71.3 Å². The van der Waals surface area contributed by atoms with Crippen LogP contribution < -0.4 is 5.32 Å². The van der Waals surface area contributed by atoms with Gasteiger partial charge in [-0.3, -0.25) is 9.59 Å². The second kappa shape index (κ2) is 7.49. The molecule has 0 radical (unpaired) electrons. The first kappa shape index (κ1) is 17.2. The minimum absolute atomic E-state index is 0.123. The van der Waals surface area contributed by atoms with Gasteiger partial charge in [-0.05, 0) is 30.5 Å². The molecule has 5 heteroatoms. The lowest BCUT2D eigenvalue weighted by Crippen LogP contribution is -2.49. The van der Waals surface area contributed by atoms with Gasteiger partial charge in [-0.25, -0.2) is 0 Å². The lowest BCUT2D eigenvalue weighted by molar-refractivity contribution is -0.126. The summed E-state index contributed by atoms with van der Waals surface area (Å²) in [7, 11) is 0. The Labute approximate surface area is 147 Å². The number of fused-ring (bicyclic) bond motifs is 1. The molecule has 1 heterocycles. The molecular formula is C20H22N2O3. The van der Waals surface area contributed by atoms with Crippen molar-refractivity contribution in [2.24, 2.45) is 0 Å². The zero-order valence-electron chi connectivity index (χ0n) is 14.2. The molecule has 1 aliphatic heterocycles. The molecule has 0 unspecified atom stereocenters. The van der Waals surface area contributed by atoms with Gasteiger partial charge >= 0.3 is 0 Å². The minimum atomic E-state index is -0.593. The summed E-state index contributed by atoms with van der Waals surface area (Å²) in [6.07, 6.45) is 0.546. The Morgan fingerprint density at radius 2 is 1.84 bits per heavy atom. The third-order valence-electron chi connectivity index (χ3n) is 4.59. The van der Waals surface area contributed by atoms with E-state index in [-0.39, 0.29) is 24.5 Å². The normalized spacial score (nSPS) is 15.6. The van der Waals surface area contributed by atoms with Crippen LogP contribution in [0.2, 0.25) is 0 Å². The summed E-state index contributed by atoms with van der Waals surface area (Å²) >= 11 is 0. The van der Waals surface area contributed by atoms with Crippen LogP contribution in [0, 0.1) is 0 Å². The van der Waals surface area contributed by atoms with Crippen LogP contribution in [0.3, 0.4) is 0 Å². The van der Waals surface area contributed by atoms with Crippen LogP contribution in [0.1, 0.15) is 28.4 Å². The van der Waals surface area contributed by atoms with Gasteiger partial charge in [0.05, 0.1) is 12.6 Å². The summed E-state index contributed by atoms with van der Waals surface area (Å²) in [5.41, 5.74) is 2.64. The van der Waals surface area contributed by atoms with Crippen molar-refractivity contribution in [1.82, 2.24) is 10.2 Å². The number of aliphatic hydroxyl groups is 1. The molecule has 2 aromatic rings. The number of nitrogens with zero attached hydrogens (tertiary/aromatic N) is 1. The standard InChI is InChI=1S/C20H22N2O3/c1-14(22-12-16-9-5-6-10-18(16)20(22)25)19(24)21-17(13-23)11-15-7-3-2-4-8-15/h2-10,14,17,23H,11-13H2,1H3,(H,21,24)/t14-,17-/m0/s1. The Hall–Kier alpha value is -2.66. The average Bonchev–Trinajstić information content (AvgIpc) is 2.98. The highest BCUT2D eigenvalue weighted by atomic mass is 16.3. The molecule has 0 aliphatic carbocycles. The SMILES string of the molecule is C[C@@H](C(=O)N[C@H](CO)Cc1ccccc1)N1Cc2ccccc2C1=O. The third kappa shape index (κ3) is 3.72. The van der Waals surface area contributed by atoms with Gasteiger partial charge in [0.1, 0.15) is 6.04 Å². The number of amides is 2. The summed E-state index contributed by atoms with van der Waals surface area (Å²) in [6, 6.07) is 16.1.